The number of rotatable bonds is 2. The molecule has 13 heavy (non-hydrogen) atoms. The maximum Gasteiger partial charge on any atom is 0.407 e. The SMILES string of the molecule is CC#CC(=O)NCC1CNC(=O)O1. The summed E-state index contributed by atoms with van der Waals surface area (Å²) in [7, 11) is 0. The molecule has 1 rings (SSSR count). The molecule has 1 heterocycles. The molecule has 0 spiro atoms. The van der Waals surface area contributed by atoms with Gasteiger partial charge in [-0.1, -0.05) is 5.92 Å². The first-order valence-electron chi connectivity index (χ1n) is 3.87. The second-order valence-corrected chi connectivity index (χ2v) is 2.49. The fourth-order valence-corrected chi connectivity index (χ4v) is 0.910. The van der Waals surface area contributed by atoms with Crippen LogP contribution in [0.25, 0.3) is 0 Å². The fraction of sp³-hybridized carbons (Fsp3) is 0.500. The van der Waals surface area contributed by atoms with Crippen molar-refractivity contribution in [2.75, 3.05) is 13.1 Å². The average Bonchev–Trinajstić information content (AvgIpc) is 2.49. The van der Waals surface area contributed by atoms with Gasteiger partial charge in [0, 0.05) is 0 Å². The van der Waals surface area contributed by atoms with Crippen molar-refractivity contribution in [3.8, 4) is 11.8 Å². The summed E-state index contributed by atoms with van der Waals surface area (Å²) < 4.78 is 4.78. The topological polar surface area (TPSA) is 67.4 Å². The Morgan fingerprint density at radius 2 is 2.62 bits per heavy atom. The van der Waals surface area contributed by atoms with Gasteiger partial charge in [-0.25, -0.2) is 4.79 Å². The number of amides is 2. The van der Waals surface area contributed by atoms with Gasteiger partial charge in [0.05, 0.1) is 13.1 Å². The minimum atomic E-state index is -0.444. The Labute approximate surface area is 75.8 Å². The molecule has 5 heteroatoms. The largest absolute Gasteiger partial charge is 0.442 e. The molecule has 1 unspecified atom stereocenters. The molecule has 0 radical (unpaired) electrons. The summed E-state index contributed by atoms with van der Waals surface area (Å²) in [5, 5.41) is 4.99. The Balaban J connectivity index is 2.22. The van der Waals surface area contributed by atoms with Gasteiger partial charge in [0.1, 0.15) is 6.10 Å². The molecule has 2 amide bonds. The highest BCUT2D eigenvalue weighted by Crippen LogP contribution is 1.97. The zero-order valence-electron chi connectivity index (χ0n) is 7.22. The highest BCUT2D eigenvalue weighted by molar-refractivity contribution is 5.93. The van der Waals surface area contributed by atoms with E-state index in [0.717, 1.165) is 0 Å². The normalized spacial score (nSPS) is 19.5. The predicted molar refractivity (Wildman–Crippen MR) is 44.7 cm³/mol. The van der Waals surface area contributed by atoms with E-state index < -0.39 is 6.09 Å². The molecule has 1 aliphatic rings. The molecule has 2 N–H and O–H groups in total. The highest BCUT2D eigenvalue weighted by atomic mass is 16.6. The summed E-state index contributed by atoms with van der Waals surface area (Å²) in [6, 6.07) is 0. The Morgan fingerprint density at radius 1 is 1.85 bits per heavy atom. The minimum Gasteiger partial charge on any atom is -0.442 e. The van der Waals surface area contributed by atoms with Crippen molar-refractivity contribution in [3.63, 3.8) is 0 Å². The quantitative estimate of drug-likeness (QED) is 0.551. The maximum absolute atomic E-state index is 10.8. The summed E-state index contributed by atoms with van der Waals surface area (Å²) >= 11 is 0. The minimum absolute atomic E-state index is 0.282. The molecule has 0 aromatic rings. The third kappa shape index (κ3) is 3.03. The first-order chi connectivity index (χ1) is 6.22. The van der Waals surface area contributed by atoms with Crippen molar-refractivity contribution >= 4 is 12.0 Å². The van der Waals surface area contributed by atoms with Gasteiger partial charge in [-0.05, 0) is 12.8 Å². The van der Waals surface area contributed by atoms with Crippen LogP contribution < -0.4 is 10.6 Å². The monoisotopic (exact) mass is 182 g/mol. The molecule has 5 nitrogen and oxygen atoms in total. The van der Waals surface area contributed by atoms with Crippen LogP contribution in [0, 0.1) is 11.8 Å². The van der Waals surface area contributed by atoms with Crippen molar-refractivity contribution in [2.24, 2.45) is 0 Å². The van der Waals surface area contributed by atoms with Crippen molar-refractivity contribution in [3.05, 3.63) is 0 Å². The van der Waals surface area contributed by atoms with E-state index in [-0.39, 0.29) is 12.0 Å². The number of carbonyl (C=O) groups excluding carboxylic acids is 2. The Kier molecular flexibility index (Phi) is 3.15. The molecule has 0 aromatic heterocycles. The van der Waals surface area contributed by atoms with E-state index in [1.165, 1.54) is 0 Å². The molecular formula is C8H10N2O3. The number of nitrogens with one attached hydrogen (secondary N) is 2. The molecular weight excluding hydrogens is 172 g/mol. The van der Waals surface area contributed by atoms with Crippen LogP contribution in [0.1, 0.15) is 6.92 Å². The molecule has 0 bridgehead atoms. The van der Waals surface area contributed by atoms with Crippen LogP contribution in [0.4, 0.5) is 4.79 Å². The molecule has 1 aliphatic heterocycles. The van der Waals surface area contributed by atoms with Gasteiger partial charge in [0.2, 0.25) is 0 Å². The zero-order valence-corrected chi connectivity index (χ0v) is 7.22. The lowest BCUT2D eigenvalue weighted by atomic mass is 10.3. The number of carbonyl (C=O) groups is 2. The van der Waals surface area contributed by atoms with Crippen molar-refractivity contribution in [2.45, 2.75) is 13.0 Å². The van der Waals surface area contributed by atoms with Crippen LogP contribution in [0.15, 0.2) is 0 Å². The van der Waals surface area contributed by atoms with Crippen molar-refractivity contribution in [1.29, 1.82) is 0 Å². The maximum atomic E-state index is 10.8. The van der Waals surface area contributed by atoms with E-state index in [0.29, 0.717) is 13.1 Å². The first kappa shape index (κ1) is 9.39. The van der Waals surface area contributed by atoms with Gasteiger partial charge < -0.3 is 15.4 Å². The predicted octanol–water partition coefficient (Wildman–Crippen LogP) is -0.766. The molecule has 0 aliphatic carbocycles. The third-order valence-corrected chi connectivity index (χ3v) is 1.48. The Hall–Kier alpha value is -1.70. The van der Waals surface area contributed by atoms with Crippen LogP contribution in [0.3, 0.4) is 0 Å². The fourth-order valence-electron chi connectivity index (χ4n) is 0.910. The van der Waals surface area contributed by atoms with Crippen molar-refractivity contribution in [1.82, 2.24) is 10.6 Å². The third-order valence-electron chi connectivity index (χ3n) is 1.48. The lowest BCUT2D eigenvalue weighted by Gasteiger charge is -2.06. The second-order valence-electron chi connectivity index (χ2n) is 2.49. The molecule has 70 valence electrons. The number of hydrogen-bond donors (Lipinski definition) is 2. The molecule has 1 atom stereocenters. The van der Waals surface area contributed by atoms with Gasteiger partial charge in [0.25, 0.3) is 5.91 Å². The summed E-state index contributed by atoms with van der Waals surface area (Å²) in [6.45, 7) is 2.31. The van der Waals surface area contributed by atoms with Gasteiger partial charge in [-0.3, -0.25) is 4.79 Å². The number of ether oxygens (including phenoxy) is 1. The molecule has 0 aromatic carbocycles. The van der Waals surface area contributed by atoms with Crippen LogP contribution >= 0.6 is 0 Å². The first-order valence-corrected chi connectivity index (χ1v) is 3.87. The van der Waals surface area contributed by atoms with Gasteiger partial charge >= 0.3 is 6.09 Å². The summed E-state index contributed by atoms with van der Waals surface area (Å²) in [4.78, 5) is 21.4. The van der Waals surface area contributed by atoms with Crippen molar-refractivity contribution < 1.29 is 14.3 Å². The Bertz CT molecular complexity index is 277. The van der Waals surface area contributed by atoms with Gasteiger partial charge in [-0.2, -0.15) is 0 Å². The van der Waals surface area contributed by atoms with E-state index in [1.807, 2.05) is 0 Å². The summed E-state index contributed by atoms with van der Waals surface area (Å²) in [5.41, 5.74) is 0. The van der Waals surface area contributed by atoms with Crippen LogP contribution in [-0.2, 0) is 9.53 Å². The smallest absolute Gasteiger partial charge is 0.407 e. The van der Waals surface area contributed by atoms with Crippen LogP contribution in [0.5, 0.6) is 0 Å². The average molecular weight is 182 g/mol. The van der Waals surface area contributed by atoms with Crippen LogP contribution in [-0.4, -0.2) is 31.2 Å². The van der Waals surface area contributed by atoms with E-state index in [2.05, 4.69) is 22.5 Å². The van der Waals surface area contributed by atoms with E-state index >= 15 is 0 Å². The van der Waals surface area contributed by atoms with E-state index in [4.69, 9.17) is 4.74 Å². The lowest BCUT2D eigenvalue weighted by Crippen LogP contribution is -2.33. The molecule has 0 saturated carbocycles. The van der Waals surface area contributed by atoms with E-state index in [9.17, 15) is 9.59 Å². The van der Waals surface area contributed by atoms with Crippen LogP contribution in [0.2, 0.25) is 0 Å². The summed E-state index contributed by atoms with van der Waals surface area (Å²) in [5.74, 6) is 4.43. The number of hydrogen-bond acceptors (Lipinski definition) is 3. The second kappa shape index (κ2) is 4.36. The number of cyclic esters (lactones) is 1. The Morgan fingerprint density at radius 3 is 3.15 bits per heavy atom. The molecule has 1 saturated heterocycles. The standard InChI is InChI=1S/C8H10N2O3/c1-2-3-7(11)9-4-6-5-10-8(12)13-6/h6H,4-5H2,1H3,(H,9,11)(H,10,12). The lowest BCUT2D eigenvalue weighted by molar-refractivity contribution is -0.116. The van der Waals surface area contributed by atoms with E-state index in [1.54, 1.807) is 6.92 Å². The van der Waals surface area contributed by atoms with Gasteiger partial charge in [0.15, 0.2) is 0 Å². The zero-order chi connectivity index (χ0) is 9.68. The summed E-state index contributed by atoms with van der Waals surface area (Å²) in [6.07, 6.45) is -0.726. The number of alkyl carbamates (subject to hydrolysis) is 1. The molecule has 1 fully saturated rings. The highest BCUT2D eigenvalue weighted by Gasteiger charge is 2.22. The van der Waals surface area contributed by atoms with Gasteiger partial charge in [-0.15, -0.1) is 0 Å².